The highest BCUT2D eigenvalue weighted by atomic mass is 32.2. The van der Waals surface area contributed by atoms with Crippen molar-refractivity contribution < 1.29 is 16.8 Å². The Morgan fingerprint density at radius 2 is 1.77 bits per heavy atom. The Hall–Kier alpha value is -3.50. The van der Waals surface area contributed by atoms with E-state index in [0.29, 0.717) is 35.7 Å². The number of benzene rings is 3. The summed E-state index contributed by atoms with van der Waals surface area (Å²) < 4.78 is 54.9. The van der Waals surface area contributed by atoms with Gasteiger partial charge in [0, 0.05) is 29.4 Å². The predicted octanol–water partition coefficient (Wildman–Crippen LogP) is 4.25. The number of rotatable bonds is 5. The maximum absolute atomic E-state index is 13.2. The zero-order chi connectivity index (χ0) is 24.8. The molecule has 3 aromatic carbocycles. The predicted molar refractivity (Wildman–Crippen MR) is 137 cm³/mol. The molecule has 4 aromatic rings. The lowest BCUT2D eigenvalue weighted by molar-refractivity contribution is 0.599. The minimum atomic E-state index is -3.92. The Kier molecular flexibility index (Phi) is 5.72. The molecule has 180 valence electrons. The molecule has 0 saturated carbocycles. The highest BCUT2D eigenvalue weighted by molar-refractivity contribution is 7.93. The second-order valence-corrected chi connectivity index (χ2v) is 12.2. The topological polar surface area (TPSA) is 109 Å². The lowest BCUT2D eigenvalue weighted by atomic mass is 10.1. The Morgan fingerprint density at radius 3 is 2.51 bits per heavy atom. The van der Waals surface area contributed by atoms with Crippen molar-refractivity contribution in [2.45, 2.75) is 25.2 Å². The number of para-hydroxylation sites is 1. The van der Waals surface area contributed by atoms with Gasteiger partial charge in [0.25, 0.3) is 10.0 Å². The van der Waals surface area contributed by atoms with Crippen LogP contribution < -0.4 is 9.03 Å². The molecule has 1 N–H and O–H groups in total. The second kappa shape index (κ2) is 8.62. The van der Waals surface area contributed by atoms with Crippen LogP contribution in [0, 0.1) is 13.8 Å². The lowest BCUT2D eigenvalue weighted by Crippen LogP contribution is -2.25. The molecule has 1 fully saturated rings. The van der Waals surface area contributed by atoms with E-state index in [1.807, 2.05) is 37.3 Å². The molecular formula is C25H24N4O4S2. The quantitative estimate of drug-likeness (QED) is 0.432. The maximum atomic E-state index is 13.2. The number of fused-ring (bicyclic) bond motifs is 1. The van der Waals surface area contributed by atoms with Crippen LogP contribution >= 0.6 is 0 Å². The Balaban J connectivity index is 1.46. The average molecular weight is 509 g/mol. The van der Waals surface area contributed by atoms with Gasteiger partial charge in [-0.05, 0) is 67.8 Å². The van der Waals surface area contributed by atoms with Crippen molar-refractivity contribution in [1.82, 2.24) is 9.97 Å². The van der Waals surface area contributed by atoms with E-state index in [0.717, 1.165) is 22.0 Å². The van der Waals surface area contributed by atoms with Gasteiger partial charge in [-0.3, -0.25) is 9.03 Å². The fraction of sp³-hybridized carbons (Fsp3) is 0.200. The van der Waals surface area contributed by atoms with Gasteiger partial charge in [-0.25, -0.2) is 26.8 Å². The van der Waals surface area contributed by atoms with E-state index >= 15 is 0 Å². The first-order valence-corrected chi connectivity index (χ1v) is 14.2. The van der Waals surface area contributed by atoms with E-state index in [-0.39, 0.29) is 10.6 Å². The SMILES string of the molecule is Cc1ccc(NS(=O)(=O)c2ccc(N3CCCS3(=O)=O)cc2C)cc1-c1ncc2ccccc2n1. The van der Waals surface area contributed by atoms with Crippen LogP contribution in [0.2, 0.25) is 0 Å². The first-order valence-electron chi connectivity index (χ1n) is 11.1. The van der Waals surface area contributed by atoms with Crippen LogP contribution in [0.5, 0.6) is 0 Å². The molecule has 1 aliphatic rings. The summed E-state index contributed by atoms with van der Waals surface area (Å²) >= 11 is 0. The fourth-order valence-electron chi connectivity index (χ4n) is 4.26. The molecule has 8 nitrogen and oxygen atoms in total. The Bertz CT molecular complexity index is 1670. The molecule has 0 atom stereocenters. The van der Waals surface area contributed by atoms with Crippen molar-refractivity contribution in [3.05, 3.63) is 78.0 Å². The number of hydrogen-bond donors (Lipinski definition) is 1. The largest absolute Gasteiger partial charge is 0.280 e. The van der Waals surface area contributed by atoms with E-state index in [4.69, 9.17) is 0 Å². The number of aromatic nitrogens is 2. The monoisotopic (exact) mass is 508 g/mol. The highest BCUT2D eigenvalue weighted by Crippen LogP contribution is 2.30. The number of sulfonamides is 2. The molecule has 35 heavy (non-hydrogen) atoms. The van der Waals surface area contributed by atoms with Crippen molar-refractivity contribution in [3.63, 3.8) is 0 Å². The standard InChI is InChI=1S/C25H24N4O4S2/c1-17-8-9-20(15-22(17)25-26-16-19-6-3-4-7-23(19)27-25)28-35(32,33)24-11-10-21(14-18(24)2)29-12-5-13-34(29,30)31/h3-4,6-11,14-16,28H,5,12-13H2,1-2H3. The van der Waals surface area contributed by atoms with Gasteiger partial charge in [0.2, 0.25) is 10.0 Å². The van der Waals surface area contributed by atoms with Gasteiger partial charge in [0.05, 0.1) is 21.9 Å². The van der Waals surface area contributed by atoms with Crippen LogP contribution in [0.25, 0.3) is 22.3 Å². The zero-order valence-electron chi connectivity index (χ0n) is 19.3. The van der Waals surface area contributed by atoms with Gasteiger partial charge < -0.3 is 0 Å². The molecule has 1 aliphatic heterocycles. The smallest absolute Gasteiger partial charge is 0.262 e. The molecule has 5 rings (SSSR count). The third kappa shape index (κ3) is 4.46. The number of anilines is 2. The number of nitrogens with zero attached hydrogens (tertiary/aromatic N) is 3. The molecule has 0 aliphatic carbocycles. The minimum absolute atomic E-state index is 0.0851. The van der Waals surface area contributed by atoms with Crippen molar-refractivity contribution in [2.24, 2.45) is 0 Å². The van der Waals surface area contributed by atoms with Gasteiger partial charge >= 0.3 is 0 Å². The third-order valence-corrected chi connectivity index (χ3v) is 9.47. The van der Waals surface area contributed by atoms with Crippen LogP contribution in [-0.4, -0.2) is 39.1 Å². The summed E-state index contributed by atoms with van der Waals surface area (Å²) in [5.41, 5.74) is 3.76. The van der Waals surface area contributed by atoms with Crippen molar-refractivity contribution in [3.8, 4) is 11.4 Å². The number of aryl methyl sites for hydroxylation is 2. The van der Waals surface area contributed by atoms with E-state index < -0.39 is 20.0 Å². The van der Waals surface area contributed by atoms with Crippen LogP contribution in [-0.2, 0) is 20.0 Å². The molecule has 0 radical (unpaired) electrons. The van der Waals surface area contributed by atoms with Gasteiger partial charge in [-0.1, -0.05) is 24.3 Å². The number of nitrogens with one attached hydrogen (secondary N) is 1. The Labute approximate surface area is 204 Å². The third-order valence-electron chi connectivity index (χ3n) is 6.06. The van der Waals surface area contributed by atoms with Crippen LogP contribution in [0.3, 0.4) is 0 Å². The van der Waals surface area contributed by atoms with Gasteiger partial charge in [0.15, 0.2) is 5.82 Å². The molecular weight excluding hydrogens is 484 g/mol. The molecule has 0 spiro atoms. The zero-order valence-corrected chi connectivity index (χ0v) is 20.9. The van der Waals surface area contributed by atoms with Gasteiger partial charge in [-0.15, -0.1) is 0 Å². The first-order chi connectivity index (χ1) is 16.6. The Morgan fingerprint density at radius 1 is 0.971 bits per heavy atom. The van der Waals surface area contributed by atoms with E-state index in [9.17, 15) is 16.8 Å². The van der Waals surface area contributed by atoms with E-state index in [2.05, 4.69) is 14.7 Å². The lowest BCUT2D eigenvalue weighted by Gasteiger charge is -2.19. The van der Waals surface area contributed by atoms with E-state index in [1.54, 1.807) is 31.3 Å². The van der Waals surface area contributed by atoms with Crippen molar-refractivity contribution >= 4 is 42.3 Å². The number of hydrogen-bond acceptors (Lipinski definition) is 6. The van der Waals surface area contributed by atoms with Crippen LogP contribution in [0.1, 0.15) is 17.5 Å². The summed E-state index contributed by atoms with van der Waals surface area (Å²) in [6.45, 7) is 3.97. The summed E-state index contributed by atoms with van der Waals surface area (Å²) in [5.74, 6) is 0.610. The fourth-order valence-corrected chi connectivity index (χ4v) is 7.09. The first kappa shape index (κ1) is 23.3. The van der Waals surface area contributed by atoms with Crippen LogP contribution in [0.4, 0.5) is 11.4 Å². The minimum Gasteiger partial charge on any atom is -0.280 e. The summed E-state index contributed by atoms with van der Waals surface area (Å²) in [6, 6.07) is 17.5. The molecule has 0 bridgehead atoms. The van der Waals surface area contributed by atoms with E-state index in [1.165, 1.54) is 16.4 Å². The molecule has 0 unspecified atom stereocenters. The van der Waals surface area contributed by atoms with Gasteiger partial charge in [-0.2, -0.15) is 0 Å². The maximum Gasteiger partial charge on any atom is 0.262 e. The summed E-state index contributed by atoms with van der Waals surface area (Å²) in [6.07, 6.45) is 2.30. The molecule has 1 saturated heterocycles. The summed E-state index contributed by atoms with van der Waals surface area (Å²) in [7, 11) is -7.26. The highest BCUT2D eigenvalue weighted by Gasteiger charge is 2.29. The second-order valence-electron chi connectivity index (χ2n) is 8.58. The molecule has 2 heterocycles. The van der Waals surface area contributed by atoms with Crippen molar-refractivity contribution in [2.75, 3.05) is 21.3 Å². The molecule has 0 amide bonds. The van der Waals surface area contributed by atoms with Gasteiger partial charge in [0.1, 0.15) is 0 Å². The normalized spacial score (nSPS) is 15.4. The van der Waals surface area contributed by atoms with Crippen molar-refractivity contribution in [1.29, 1.82) is 0 Å². The molecule has 1 aromatic heterocycles. The summed E-state index contributed by atoms with van der Waals surface area (Å²) in [5, 5.41) is 0.923. The summed E-state index contributed by atoms with van der Waals surface area (Å²) in [4.78, 5) is 9.18. The molecule has 10 heteroatoms. The van der Waals surface area contributed by atoms with Crippen LogP contribution in [0.15, 0.2) is 71.8 Å². The average Bonchev–Trinajstić information content (AvgIpc) is 3.18.